The third-order valence-corrected chi connectivity index (χ3v) is 9.57. The van der Waals surface area contributed by atoms with E-state index < -0.39 is 17.6 Å². The lowest BCUT2D eigenvalue weighted by atomic mass is 9.95. The number of carbonyl (C=O) groups is 1. The molecule has 3 heterocycles. The molecule has 3 aliphatic rings. The first-order valence-corrected chi connectivity index (χ1v) is 15.1. The number of amides is 1. The van der Waals surface area contributed by atoms with Gasteiger partial charge in [-0.05, 0) is 58.0 Å². The van der Waals surface area contributed by atoms with Crippen molar-refractivity contribution in [1.29, 1.82) is 5.26 Å². The molecule has 9 nitrogen and oxygen atoms in total. The number of piperazine rings is 1. The summed E-state index contributed by atoms with van der Waals surface area (Å²) in [5, 5.41) is 10.1. The molecule has 1 aromatic heterocycles. The van der Waals surface area contributed by atoms with E-state index in [1.54, 1.807) is 19.0 Å². The number of para-hydroxylation sites is 1. The first-order valence-electron chi connectivity index (χ1n) is 14.8. The summed E-state index contributed by atoms with van der Waals surface area (Å²) in [5.41, 5.74) is 1.76. The Labute approximate surface area is 260 Å². The first kappa shape index (κ1) is 31.9. The Morgan fingerprint density at radius 3 is 2.68 bits per heavy atom. The molecule has 2 fully saturated rings. The summed E-state index contributed by atoms with van der Waals surface area (Å²) in [7, 11) is 3.56. The number of rotatable bonds is 8. The fraction of sp³-hybridized carbons (Fsp3) is 0.548. The van der Waals surface area contributed by atoms with E-state index in [9.17, 15) is 23.2 Å². The minimum absolute atomic E-state index is 0.0116. The topological polar surface area (TPSA) is 88.8 Å². The number of hydrogen-bond acceptors (Lipinski definition) is 8. The highest BCUT2D eigenvalue weighted by atomic mass is 35.5. The van der Waals surface area contributed by atoms with Crippen LogP contribution in [0.15, 0.2) is 36.9 Å². The number of alkyl halides is 3. The smallest absolute Gasteiger partial charge is 0.391 e. The summed E-state index contributed by atoms with van der Waals surface area (Å²) in [5.74, 6) is -0.947. The van der Waals surface area contributed by atoms with E-state index in [4.69, 9.17) is 26.3 Å². The van der Waals surface area contributed by atoms with Crippen molar-refractivity contribution in [3.63, 3.8) is 0 Å². The highest BCUT2D eigenvalue weighted by Crippen LogP contribution is 2.46. The van der Waals surface area contributed by atoms with Crippen molar-refractivity contribution in [1.82, 2.24) is 19.8 Å². The van der Waals surface area contributed by atoms with Gasteiger partial charge in [0.15, 0.2) is 0 Å². The minimum Gasteiger partial charge on any atom is -0.461 e. The van der Waals surface area contributed by atoms with Gasteiger partial charge in [-0.25, -0.2) is 0 Å². The fourth-order valence-electron chi connectivity index (χ4n) is 6.61. The van der Waals surface area contributed by atoms with E-state index in [0.29, 0.717) is 56.4 Å². The second-order valence-corrected chi connectivity index (χ2v) is 12.4. The average Bonchev–Trinajstić information content (AvgIpc) is 3.46. The van der Waals surface area contributed by atoms with Gasteiger partial charge in [0.1, 0.15) is 12.4 Å². The van der Waals surface area contributed by atoms with Crippen LogP contribution in [-0.2, 0) is 17.8 Å². The van der Waals surface area contributed by atoms with Gasteiger partial charge < -0.3 is 24.3 Å². The van der Waals surface area contributed by atoms with E-state index in [2.05, 4.69) is 22.4 Å². The zero-order valence-electron chi connectivity index (χ0n) is 25.0. The molecule has 44 heavy (non-hydrogen) atoms. The quantitative estimate of drug-likeness (QED) is 0.382. The molecular formula is C31H37ClF3N7O2. The Bertz CT molecular complexity index is 1430. The summed E-state index contributed by atoms with van der Waals surface area (Å²) in [6.07, 6.45) is -1.89. The molecule has 0 bridgehead atoms. The van der Waals surface area contributed by atoms with Crippen LogP contribution in [0.25, 0.3) is 0 Å². The number of nitrogens with zero attached hydrogens (tertiary/aromatic N) is 7. The highest BCUT2D eigenvalue weighted by Gasteiger charge is 2.52. The fourth-order valence-corrected chi connectivity index (χ4v) is 6.87. The Morgan fingerprint density at radius 1 is 1.25 bits per heavy atom. The van der Waals surface area contributed by atoms with Gasteiger partial charge in [0.2, 0.25) is 5.91 Å². The van der Waals surface area contributed by atoms with Crippen molar-refractivity contribution >= 4 is 29.0 Å². The van der Waals surface area contributed by atoms with Gasteiger partial charge in [0.05, 0.1) is 52.9 Å². The van der Waals surface area contributed by atoms with Crippen LogP contribution in [-0.4, -0.2) is 90.3 Å². The predicted octanol–water partition coefficient (Wildman–Crippen LogP) is 4.85. The maximum absolute atomic E-state index is 13.6. The lowest BCUT2D eigenvalue weighted by Crippen LogP contribution is -2.55. The van der Waals surface area contributed by atoms with Crippen LogP contribution in [0.5, 0.6) is 6.01 Å². The molecule has 2 aliphatic heterocycles. The number of halogens is 4. The van der Waals surface area contributed by atoms with E-state index >= 15 is 0 Å². The van der Waals surface area contributed by atoms with Crippen molar-refractivity contribution in [2.24, 2.45) is 5.92 Å². The van der Waals surface area contributed by atoms with Crippen LogP contribution < -0.4 is 14.5 Å². The summed E-state index contributed by atoms with van der Waals surface area (Å²) in [6.45, 7) is 5.98. The molecule has 13 heteroatoms. The Balaban J connectivity index is 1.47. The number of aromatic nitrogens is 2. The number of benzene rings is 1. The molecule has 2 unspecified atom stereocenters. The summed E-state index contributed by atoms with van der Waals surface area (Å²) in [6, 6.07) is 9.51. The predicted molar refractivity (Wildman–Crippen MR) is 162 cm³/mol. The summed E-state index contributed by atoms with van der Waals surface area (Å²) in [4.78, 5) is 29.8. The summed E-state index contributed by atoms with van der Waals surface area (Å²) < 4.78 is 47.0. The van der Waals surface area contributed by atoms with Crippen LogP contribution in [0.4, 0.5) is 24.7 Å². The lowest BCUT2D eigenvalue weighted by molar-refractivity contribution is -0.175. The summed E-state index contributed by atoms with van der Waals surface area (Å²) >= 11 is 6.52. The average molecular weight is 632 g/mol. The third-order valence-electron chi connectivity index (χ3n) is 9.25. The molecule has 1 amide bonds. The van der Waals surface area contributed by atoms with E-state index in [-0.39, 0.29) is 43.8 Å². The zero-order valence-corrected chi connectivity index (χ0v) is 25.7. The number of anilines is 2. The molecule has 1 aromatic carbocycles. The highest BCUT2D eigenvalue weighted by molar-refractivity contribution is 6.33. The van der Waals surface area contributed by atoms with Crippen LogP contribution in [0.3, 0.4) is 0 Å². The van der Waals surface area contributed by atoms with Crippen molar-refractivity contribution in [2.75, 3.05) is 56.7 Å². The number of fused-ring (bicyclic) bond motifs is 1. The molecule has 1 saturated carbocycles. The van der Waals surface area contributed by atoms with E-state index in [1.807, 2.05) is 29.2 Å². The SMILES string of the molecule is C=CC(=O)N1CCN(c2nc(OCC3(N(C)C)CCC(C(F)(F)F)C3)nc3c2CCN(c2ccccc2Cl)C3)C[C@@H]1CC#N. The molecule has 2 aromatic rings. The second kappa shape index (κ2) is 12.8. The normalized spacial score (nSPS) is 23.8. The number of ether oxygens (including phenoxy) is 1. The molecule has 236 valence electrons. The second-order valence-electron chi connectivity index (χ2n) is 12.0. The van der Waals surface area contributed by atoms with Gasteiger partial charge in [0.25, 0.3) is 0 Å². The Hall–Kier alpha value is -3.56. The van der Waals surface area contributed by atoms with Crippen LogP contribution in [0, 0.1) is 17.2 Å². The molecule has 0 spiro atoms. The Morgan fingerprint density at radius 2 is 2.02 bits per heavy atom. The number of likely N-dealkylation sites (N-methyl/N-ethyl adjacent to an activating group) is 1. The van der Waals surface area contributed by atoms with Crippen LogP contribution in [0.2, 0.25) is 5.02 Å². The van der Waals surface area contributed by atoms with Crippen molar-refractivity contribution in [3.8, 4) is 12.1 Å². The number of carbonyl (C=O) groups excluding carboxylic acids is 1. The monoisotopic (exact) mass is 631 g/mol. The van der Waals surface area contributed by atoms with E-state index in [0.717, 1.165) is 16.9 Å². The van der Waals surface area contributed by atoms with Gasteiger partial charge in [-0.3, -0.25) is 4.79 Å². The molecule has 0 radical (unpaired) electrons. The molecular weight excluding hydrogens is 595 g/mol. The Kier molecular flexibility index (Phi) is 9.28. The zero-order chi connectivity index (χ0) is 31.6. The van der Waals surface area contributed by atoms with Crippen molar-refractivity contribution in [2.45, 2.75) is 56.4 Å². The molecule has 5 rings (SSSR count). The van der Waals surface area contributed by atoms with Gasteiger partial charge in [-0.15, -0.1) is 0 Å². The third kappa shape index (κ3) is 6.44. The molecule has 1 saturated heterocycles. The van der Waals surface area contributed by atoms with Crippen molar-refractivity contribution < 1.29 is 22.7 Å². The van der Waals surface area contributed by atoms with Crippen LogP contribution >= 0.6 is 11.6 Å². The van der Waals surface area contributed by atoms with Crippen molar-refractivity contribution in [3.05, 3.63) is 53.2 Å². The molecule has 1 aliphatic carbocycles. The largest absolute Gasteiger partial charge is 0.461 e. The maximum Gasteiger partial charge on any atom is 0.391 e. The lowest BCUT2D eigenvalue weighted by Gasteiger charge is -2.42. The van der Waals surface area contributed by atoms with Gasteiger partial charge >= 0.3 is 12.2 Å². The van der Waals surface area contributed by atoms with E-state index in [1.165, 1.54) is 6.08 Å². The number of nitriles is 1. The maximum atomic E-state index is 13.6. The minimum atomic E-state index is -4.26. The number of hydrogen-bond donors (Lipinski definition) is 0. The molecule has 3 atom stereocenters. The van der Waals surface area contributed by atoms with Crippen LogP contribution in [0.1, 0.15) is 36.9 Å². The van der Waals surface area contributed by atoms with Gasteiger partial charge in [0, 0.05) is 31.7 Å². The molecule has 0 N–H and O–H groups in total. The van der Waals surface area contributed by atoms with Gasteiger partial charge in [-0.2, -0.15) is 28.4 Å². The standard InChI is InChI=1S/C31H37ClF3N7O2/c1-4-27(43)42-16-15-41(18-22(42)10-13-36)28-23-11-14-40(26-8-6-5-7-24(26)32)19-25(23)37-29(38-28)44-20-30(39(2)3)12-9-21(17-30)31(33,34)35/h4-8,21-22H,1,9-12,14-20H2,2-3H3/t21?,22-,30?/m0/s1. The van der Waals surface area contributed by atoms with Gasteiger partial charge in [-0.1, -0.05) is 30.3 Å². The first-order chi connectivity index (χ1) is 21.0.